The Morgan fingerprint density at radius 2 is 2.27 bits per heavy atom. The molecule has 0 aliphatic carbocycles. The minimum Gasteiger partial charge on any atom is -0.515 e. The summed E-state index contributed by atoms with van der Waals surface area (Å²) in [7, 11) is 4.38. The summed E-state index contributed by atoms with van der Waals surface area (Å²) >= 11 is 0. The van der Waals surface area contributed by atoms with Crippen LogP contribution in [0.2, 0.25) is 0 Å². The van der Waals surface area contributed by atoms with E-state index in [0.29, 0.717) is 11.5 Å². The van der Waals surface area contributed by atoms with E-state index in [0.717, 1.165) is 12.0 Å². The van der Waals surface area contributed by atoms with Crippen molar-refractivity contribution >= 4 is 20.5 Å². The van der Waals surface area contributed by atoms with E-state index < -0.39 is 0 Å². The van der Waals surface area contributed by atoms with Crippen LogP contribution in [0.1, 0.15) is 5.56 Å². The lowest BCUT2D eigenvalue weighted by molar-refractivity contribution is 0.386. The molecule has 0 fully saturated rings. The Morgan fingerprint density at radius 1 is 1.47 bits per heavy atom. The Balaban J connectivity index is 2.82. The van der Waals surface area contributed by atoms with Crippen molar-refractivity contribution < 1.29 is 13.3 Å². The summed E-state index contributed by atoms with van der Waals surface area (Å²) < 4.78 is 15.2. The predicted octanol–water partition coefficient (Wildman–Crippen LogP) is 1.44. The highest BCUT2D eigenvalue weighted by Gasteiger charge is 2.05. The van der Waals surface area contributed by atoms with Crippen LogP contribution in [0.25, 0.3) is 0 Å². The van der Waals surface area contributed by atoms with Gasteiger partial charge in [0.25, 0.3) is 0 Å². The molecule has 0 atom stereocenters. The van der Waals surface area contributed by atoms with E-state index in [1.54, 1.807) is 7.11 Å². The lowest BCUT2D eigenvalue weighted by Crippen LogP contribution is -2.06. The summed E-state index contributed by atoms with van der Waals surface area (Å²) in [6.45, 7) is 3.69. The molecule has 0 spiro atoms. The van der Waals surface area contributed by atoms with Gasteiger partial charge in [-0.1, -0.05) is 12.1 Å². The van der Waals surface area contributed by atoms with E-state index in [2.05, 4.69) is 21.2 Å². The highest BCUT2D eigenvalue weighted by atomic mass is 28.3. The second kappa shape index (κ2) is 6.44. The van der Waals surface area contributed by atoms with E-state index in [-0.39, 0.29) is 10.0 Å². The molecule has 0 unspecified atom stereocenters. The number of methoxy groups -OCH3 is 1. The van der Waals surface area contributed by atoms with E-state index in [4.69, 9.17) is 9.16 Å². The van der Waals surface area contributed by atoms with Gasteiger partial charge in [0, 0.05) is 0 Å². The first-order valence-corrected chi connectivity index (χ1v) is 5.56. The van der Waals surface area contributed by atoms with Crippen molar-refractivity contribution in [3.8, 4) is 11.5 Å². The van der Waals surface area contributed by atoms with Gasteiger partial charge in [-0.05, 0) is 24.1 Å². The molecule has 77 valence electrons. The molecule has 1 aromatic carbocycles. The van der Waals surface area contributed by atoms with Crippen LogP contribution in [-0.4, -0.2) is 27.6 Å². The zero-order valence-corrected chi connectivity index (χ0v) is 10.4. The SMILES string of the molecule is C=CCc1ccc(O[Si]O[Si])c(OC)c1. The molecule has 0 aliphatic heterocycles. The molecule has 0 bridgehead atoms. The van der Waals surface area contributed by atoms with Crippen molar-refractivity contribution in [1.82, 2.24) is 0 Å². The fourth-order valence-corrected chi connectivity index (χ4v) is 1.58. The highest BCUT2D eigenvalue weighted by Crippen LogP contribution is 2.27. The standard InChI is InChI=1S/C10H11O3Si2/c1-3-4-8-5-6-9(12-15-13-14)10(7-8)11-2/h3,5-7H,1,4H2,2H3. The number of hydrogen-bond donors (Lipinski definition) is 0. The summed E-state index contributed by atoms with van der Waals surface area (Å²) in [5.74, 6) is 1.37. The first kappa shape index (κ1) is 12.0. The molecular formula is C10H11O3Si2. The number of allylic oxidation sites excluding steroid dienone is 1. The zero-order valence-electron chi connectivity index (χ0n) is 8.45. The fraction of sp³-hybridized carbons (Fsp3) is 0.200. The predicted molar refractivity (Wildman–Crippen MR) is 60.1 cm³/mol. The molecule has 0 aromatic heterocycles. The van der Waals surface area contributed by atoms with Gasteiger partial charge in [-0.25, -0.2) is 0 Å². The van der Waals surface area contributed by atoms with Crippen LogP contribution in [0.15, 0.2) is 30.9 Å². The Morgan fingerprint density at radius 3 is 2.87 bits per heavy atom. The van der Waals surface area contributed by atoms with Crippen molar-refractivity contribution in [3.63, 3.8) is 0 Å². The van der Waals surface area contributed by atoms with Crippen molar-refractivity contribution in [2.24, 2.45) is 0 Å². The topological polar surface area (TPSA) is 27.7 Å². The van der Waals surface area contributed by atoms with Crippen molar-refractivity contribution in [2.45, 2.75) is 6.42 Å². The second-order valence-electron chi connectivity index (χ2n) is 2.77. The molecule has 0 saturated carbocycles. The molecule has 5 heteroatoms. The molecule has 1 rings (SSSR count). The summed E-state index contributed by atoms with van der Waals surface area (Å²) in [4.78, 5) is 0. The van der Waals surface area contributed by atoms with Crippen LogP contribution in [-0.2, 0) is 10.5 Å². The van der Waals surface area contributed by atoms with Gasteiger partial charge in [0.1, 0.15) is 5.75 Å². The molecule has 0 N–H and O–H groups in total. The lowest BCUT2D eigenvalue weighted by atomic mass is 10.1. The van der Waals surface area contributed by atoms with Crippen LogP contribution in [0.4, 0.5) is 0 Å². The molecule has 0 heterocycles. The fourth-order valence-electron chi connectivity index (χ4n) is 1.16. The first-order chi connectivity index (χ1) is 7.31. The van der Waals surface area contributed by atoms with Crippen LogP contribution in [0, 0.1) is 0 Å². The Labute approximate surface area is 95.7 Å². The van der Waals surface area contributed by atoms with Crippen LogP contribution < -0.4 is 9.16 Å². The molecule has 0 amide bonds. The smallest absolute Gasteiger partial charge is 0.509 e. The molecule has 0 saturated heterocycles. The van der Waals surface area contributed by atoms with E-state index in [1.165, 1.54) is 0 Å². The summed E-state index contributed by atoms with van der Waals surface area (Å²) in [5.41, 5.74) is 1.14. The average molecular weight is 235 g/mol. The van der Waals surface area contributed by atoms with Gasteiger partial charge >= 0.3 is 10.0 Å². The minimum absolute atomic E-state index is 0.0971. The third-order valence-corrected chi connectivity index (χ3v) is 2.44. The van der Waals surface area contributed by atoms with E-state index in [1.807, 2.05) is 24.3 Å². The quantitative estimate of drug-likeness (QED) is 0.551. The minimum atomic E-state index is -0.0971. The summed E-state index contributed by atoms with van der Waals surface area (Å²) in [6.07, 6.45) is 2.66. The molecule has 3 nitrogen and oxygen atoms in total. The summed E-state index contributed by atoms with van der Waals surface area (Å²) in [6, 6.07) is 5.75. The maximum atomic E-state index is 5.32. The normalized spacial score (nSPS) is 9.73. The van der Waals surface area contributed by atoms with Gasteiger partial charge < -0.3 is 13.3 Å². The molecule has 1 aromatic rings. The highest BCUT2D eigenvalue weighted by molar-refractivity contribution is 6.28. The van der Waals surface area contributed by atoms with Crippen LogP contribution >= 0.6 is 0 Å². The maximum absolute atomic E-state index is 5.32. The number of hydrogen-bond acceptors (Lipinski definition) is 3. The van der Waals surface area contributed by atoms with Crippen LogP contribution in [0.3, 0.4) is 0 Å². The first-order valence-electron chi connectivity index (χ1n) is 4.34. The molecule has 15 heavy (non-hydrogen) atoms. The number of ether oxygens (including phenoxy) is 1. The summed E-state index contributed by atoms with van der Waals surface area (Å²) in [5, 5.41) is 0. The van der Waals surface area contributed by atoms with Gasteiger partial charge in [-0.2, -0.15) is 0 Å². The number of benzene rings is 1. The Hall–Kier alpha value is -1.05. The third kappa shape index (κ3) is 3.54. The second-order valence-corrected chi connectivity index (χ2v) is 3.95. The van der Waals surface area contributed by atoms with Gasteiger partial charge in [-0.3, -0.25) is 0 Å². The molecule has 5 radical (unpaired) electrons. The average Bonchev–Trinajstić information content (AvgIpc) is 2.27. The molecule has 0 aliphatic rings. The monoisotopic (exact) mass is 235 g/mol. The largest absolute Gasteiger partial charge is 0.515 e. The van der Waals surface area contributed by atoms with Gasteiger partial charge in [0.05, 0.1) is 7.11 Å². The van der Waals surface area contributed by atoms with E-state index >= 15 is 0 Å². The number of rotatable bonds is 6. The Kier molecular flexibility index (Phi) is 5.16. The zero-order chi connectivity index (χ0) is 11.1. The van der Waals surface area contributed by atoms with Gasteiger partial charge in [0.2, 0.25) is 10.5 Å². The van der Waals surface area contributed by atoms with Gasteiger partial charge in [-0.15, -0.1) is 6.58 Å². The third-order valence-electron chi connectivity index (χ3n) is 1.80. The lowest BCUT2D eigenvalue weighted by Gasteiger charge is -2.10. The molecular weight excluding hydrogens is 224 g/mol. The van der Waals surface area contributed by atoms with Crippen molar-refractivity contribution in [3.05, 3.63) is 36.4 Å². The maximum Gasteiger partial charge on any atom is 0.509 e. The van der Waals surface area contributed by atoms with Gasteiger partial charge in [0.15, 0.2) is 5.75 Å². The van der Waals surface area contributed by atoms with E-state index in [9.17, 15) is 0 Å². The van der Waals surface area contributed by atoms with Crippen LogP contribution in [0.5, 0.6) is 11.5 Å². The van der Waals surface area contributed by atoms with Crippen molar-refractivity contribution in [1.29, 1.82) is 0 Å². The Bertz CT molecular complexity index is 328. The van der Waals surface area contributed by atoms with Crippen molar-refractivity contribution in [2.75, 3.05) is 7.11 Å².